The lowest BCUT2D eigenvalue weighted by Crippen LogP contribution is -2.30. The van der Waals surface area contributed by atoms with E-state index in [1.165, 1.54) is 13.2 Å². The number of H-pyrrole nitrogens is 1. The number of hydrogen-bond acceptors (Lipinski definition) is 2. The molecule has 0 aliphatic heterocycles. The van der Waals surface area contributed by atoms with Crippen LogP contribution in [-0.2, 0) is 0 Å². The number of amides is 1. The third-order valence-corrected chi connectivity index (χ3v) is 4.80. The molecule has 0 fully saturated rings. The number of pyridine rings is 1. The number of aromatic amines is 1. The Bertz CT molecular complexity index is 1160. The van der Waals surface area contributed by atoms with E-state index >= 15 is 0 Å². The molecule has 1 amide bonds. The zero-order chi connectivity index (χ0) is 21.5. The number of rotatable bonds is 4. The van der Waals surface area contributed by atoms with Crippen LogP contribution in [0.3, 0.4) is 0 Å². The van der Waals surface area contributed by atoms with E-state index < -0.39 is 46.9 Å². The van der Waals surface area contributed by atoms with Gasteiger partial charge in [0.1, 0.15) is 5.82 Å². The molecule has 9 heteroatoms. The van der Waals surface area contributed by atoms with Gasteiger partial charge >= 0.3 is 0 Å². The Morgan fingerprint density at radius 1 is 0.966 bits per heavy atom. The Hall–Kier alpha value is -3.23. The summed E-state index contributed by atoms with van der Waals surface area (Å²) in [5.74, 6) is -4.17. The van der Waals surface area contributed by atoms with Gasteiger partial charge in [-0.25, -0.2) is 22.0 Å². The SMILES string of the molecule is C[C@H](c1c[nH]c(=O)c2cc(F)c(F)cc12)N(C)C(=O)c1ccc(F)c(C(F)F)c1. The summed E-state index contributed by atoms with van der Waals surface area (Å²) < 4.78 is 66.6. The maximum absolute atomic E-state index is 13.7. The predicted molar refractivity (Wildman–Crippen MR) is 96.4 cm³/mol. The van der Waals surface area contributed by atoms with Gasteiger partial charge < -0.3 is 9.88 Å². The zero-order valence-corrected chi connectivity index (χ0v) is 15.3. The maximum Gasteiger partial charge on any atom is 0.266 e. The molecule has 1 atom stereocenters. The monoisotopic (exact) mass is 410 g/mol. The highest BCUT2D eigenvalue weighted by molar-refractivity contribution is 5.95. The largest absolute Gasteiger partial charge is 0.335 e. The fourth-order valence-corrected chi connectivity index (χ4v) is 3.05. The molecular weight excluding hydrogens is 395 g/mol. The Kier molecular flexibility index (Phi) is 5.41. The predicted octanol–water partition coefficient (Wildman–Crippen LogP) is 4.72. The van der Waals surface area contributed by atoms with Crippen molar-refractivity contribution in [1.29, 1.82) is 0 Å². The van der Waals surface area contributed by atoms with Crippen molar-refractivity contribution in [2.75, 3.05) is 7.05 Å². The summed E-state index contributed by atoms with van der Waals surface area (Å²) in [6.07, 6.45) is -1.82. The Labute approximate surface area is 161 Å². The molecule has 0 saturated heterocycles. The molecule has 2 aromatic carbocycles. The van der Waals surface area contributed by atoms with Crippen LogP contribution >= 0.6 is 0 Å². The van der Waals surface area contributed by atoms with Crippen LogP contribution in [0.5, 0.6) is 0 Å². The third kappa shape index (κ3) is 3.72. The van der Waals surface area contributed by atoms with Crippen LogP contribution in [0.4, 0.5) is 22.0 Å². The van der Waals surface area contributed by atoms with E-state index in [1.807, 2.05) is 0 Å². The highest BCUT2D eigenvalue weighted by Crippen LogP contribution is 2.29. The zero-order valence-electron chi connectivity index (χ0n) is 15.3. The first-order valence-corrected chi connectivity index (χ1v) is 8.47. The molecule has 152 valence electrons. The van der Waals surface area contributed by atoms with E-state index in [0.717, 1.165) is 35.2 Å². The van der Waals surface area contributed by atoms with E-state index in [9.17, 15) is 31.5 Å². The van der Waals surface area contributed by atoms with Gasteiger partial charge in [0, 0.05) is 18.8 Å². The van der Waals surface area contributed by atoms with Crippen molar-refractivity contribution in [3.8, 4) is 0 Å². The second kappa shape index (κ2) is 7.65. The number of carbonyl (C=O) groups is 1. The molecule has 0 saturated carbocycles. The molecule has 0 unspecified atom stereocenters. The number of alkyl halides is 2. The molecule has 0 spiro atoms. The van der Waals surface area contributed by atoms with Crippen LogP contribution in [-0.4, -0.2) is 22.8 Å². The van der Waals surface area contributed by atoms with Crippen LogP contribution in [0.2, 0.25) is 0 Å². The van der Waals surface area contributed by atoms with Gasteiger partial charge in [0.05, 0.1) is 17.0 Å². The minimum Gasteiger partial charge on any atom is -0.335 e. The topological polar surface area (TPSA) is 53.2 Å². The smallest absolute Gasteiger partial charge is 0.266 e. The lowest BCUT2D eigenvalue weighted by molar-refractivity contribution is 0.0742. The van der Waals surface area contributed by atoms with Gasteiger partial charge in [-0.1, -0.05) is 0 Å². The molecule has 0 aliphatic rings. The minimum absolute atomic E-state index is 0.101. The number of halogens is 5. The first-order chi connectivity index (χ1) is 13.6. The number of aromatic nitrogens is 1. The van der Waals surface area contributed by atoms with Crippen molar-refractivity contribution in [3.05, 3.63) is 81.0 Å². The molecule has 1 heterocycles. The van der Waals surface area contributed by atoms with Crippen molar-refractivity contribution in [2.24, 2.45) is 0 Å². The van der Waals surface area contributed by atoms with E-state index in [1.54, 1.807) is 6.92 Å². The van der Waals surface area contributed by atoms with Gasteiger partial charge in [-0.15, -0.1) is 0 Å². The fraction of sp³-hybridized carbons (Fsp3) is 0.200. The van der Waals surface area contributed by atoms with Crippen molar-refractivity contribution < 1.29 is 26.7 Å². The molecule has 4 nitrogen and oxygen atoms in total. The third-order valence-electron chi connectivity index (χ3n) is 4.80. The second-order valence-corrected chi connectivity index (χ2v) is 6.51. The highest BCUT2D eigenvalue weighted by Gasteiger charge is 2.24. The molecule has 0 aliphatic carbocycles. The summed E-state index contributed by atoms with van der Waals surface area (Å²) in [7, 11) is 1.37. The highest BCUT2D eigenvalue weighted by atomic mass is 19.3. The first kappa shape index (κ1) is 20.5. The van der Waals surface area contributed by atoms with Gasteiger partial charge in [-0.05, 0) is 48.2 Å². The molecule has 0 radical (unpaired) electrons. The van der Waals surface area contributed by atoms with Gasteiger partial charge in [-0.3, -0.25) is 9.59 Å². The van der Waals surface area contributed by atoms with Crippen LogP contribution in [0, 0.1) is 17.5 Å². The molecule has 29 heavy (non-hydrogen) atoms. The number of fused-ring (bicyclic) bond motifs is 1. The van der Waals surface area contributed by atoms with Crippen molar-refractivity contribution >= 4 is 16.7 Å². The van der Waals surface area contributed by atoms with Crippen LogP contribution < -0.4 is 5.56 Å². The average molecular weight is 410 g/mol. The summed E-state index contributed by atoms with van der Waals surface area (Å²) in [5, 5.41) is 0.00282. The molecule has 1 aromatic heterocycles. The lowest BCUT2D eigenvalue weighted by Gasteiger charge is -2.26. The van der Waals surface area contributed by atoms with E-state index in [-0.39, 0.29) is 16.3 Å². The summed E-state index contributed by atoms with van der Waals surface area (Å²) in [6.45, 7) is 1.56. The van der Waals surface area contributed by atoms with Crippen molar-refractivity contribution in [3.63, 3.8) is 0 Å². The van der Waals surface area contributed by atoms with Gasteiger partial charge in [0.15, 0.2) is 11.6 Å². The standard InChI is InChI=1S/C20H15F5N2O2/c1-9(14-8-26-19(28)12-7-17(23)16(22)6-11(12)14)27(2)20(29)10-3-4-15(21)13(5-10)18(24)25/h3-9,18H,1-2H3,(H,26,28)/t9-/m1/s1. The van der Waals surface area contributed by atoms with E-state index in [2.05, 4.69) is 4.98 Å². The number of hydrogen-bond donors (Lipinski definition) is 1. The van der Waals surface area contributed by atoms with Crippen LogP contribution in [0.1, 0.15) is 40.9 Å². The van der Waals surface area contributed by atoms with Gasteiger partial charge in [0.25, 0.3) is 17.9 Å². The number of nitrogens with zero attached hydrogens (tertiary/aromatic N) is 1. The molecule has 3 aromatic rings. The van der Waals surface area contributed by atoms with Crippen LogP contribution in [0.15, 0.2) is 41.3 Å². The summed E-state index contributed by atoms with van der Waals surface area (Å²) in [5.41, 5.74) is -1.39. The summed E-state index contributed by atoms with van der Waals surface area (Å²) in [6, 6.07) is 3.48. The molecule has 0 bridgehead atoms. The Morgan fingerprint density at radius 2 is 1.59 bits per heavy atom. The number of benzene rings is 2. The van der Waals surface area contributed by atoms with Gasteiger partial charge in [-0.2, -0.15) is 0 Å². The number of carbonyl (C=O) groups excluding carboxylic acids is 1. The quantitative estimate of drug-likeness (QED) is 0.633. The minimum atomic E-state index is -3.09. The maximum atomic E-state index is 13.7. The van der Waals surface area contributed by atoms with Crippen molar-refractivity contribution in [1.82, 2.24) is 9.88 Å². The lowest BCUT2D eigenvalue weighted by atomic mass is 10.0. The summed E-state index contributed by atoms with van der Waals surface area (Å²) in [4.78, 5) is 28.2. The molecular formula is C20H15F5N2O2. The van der Waals surface area contributed by atoms with E-state index in [4.69, 9.17) is 0 Å². The second-order valence-electron chi connectivity index (χ2n) is 6.51. The van der Waals surface area contributed by atoms with E-state index in [0.29, 0.717) is 5.56 Å². The Morgan fingerprint density at radius 3 is 2.21 bits per heavy atom. The average Bonchev–Trinajstić information content (AvgIpc) is 2.68. The Balaban J connectivity index is 2.03. The van der Waals surface area contributed by atoms with Crippen LogP contribution in [0.25, 0.3) is 10.8 Å². The fourth-order valence-electron chi connectivity index (χ4n) is 3.05. The van der Waals surface area contributed by atoms with Crippen molar-refractivity contribution in [2.45, 2.75) is 19.4 Å². The molecule has 3 rings (SSSR count). The van der Waals surface area contributed by atoms with Gasteiger partial charge in [0.2, 0.25) is 0 Å². The first-order valence-electron chi connectivity index (χ1n) is 8.47. The molecule has 1 N–H and O–H groups in total. The number of nitrogens with one attached hydrogen (secondary N) is 1. The summed E-state index contributed by atoms with van der Waals surface area (Å²) >= 11 is 0. The normalized spacial score (nSPS) is 12.4.